The van der Waals surface area contributed by atoms with E-state index in [2.05, 4.69) is 5.32 Å². The van der Waals surface area contributed by atoms with Crippen LogP contribution in [-0.4, -0.2) is 76.5 Å². The number of nitrogens with one attached hydrogen (secondary N) is 1. The van der Waals surface area contributed by atoms with E-state index < -0.39 is 35.1 Å². The van der Waals surface area contributed by atoms with Crippen LogP contribution in [0.2, 0.25) is 0 Å². The molecule has 13 nitrogen and oxygen atoms in total. The lowest BCUT2D eigenvalue weighted by molar-refractivity contribution is -0.202. The van der Waals surface area contributed by atoms with Gasteiger partial charge >= 0.3 is 17.9 Å². The summed E-state index contributed by atoms with van der Waals surface area (Å²) in [5.41, 5.74) is -0.535. The first kappa shape index (κ1) is 41.8. The van der Waals surface area contributed by atoms with Crippen LogP contribution in [0.4, 0.5) is 5.69 Å². The second-order valence-corrected chi connectivity index (χ2v) is 15.2. The van der Waals surface area contributed by atoms with Crippen molar-refractivity contribution in [1.82, 2.24) is 4.57 Å². The van der Waals surface area contributed by atoms with Gasteiger partial charge in [-0.25, -0.2) is 9.36 Å². The number of fused-ring (bicyclic) bond motifs is 1. The first-order valence-electron chi connectivity index (χ1n) is 17.2. The third-order valence-electron chi connectivity index (χ3n) is 8.65. The van der Waals surface area contributed by atoms with Crippen molar-refractivity contribution in [1.29, 1.82) is 0 Å². The van der Waals surface area contributed by atoms with E-state index in [1.807, 2.05) is 13.0 Å². The first-order chi connectivity index (χ1) is 24.1. The van der Waals surface area contributed by atoms with Gasteiger partial charge in [0.1, 0.15) is 23.5 Å². The lowest BCUT2D eigenvalue weighted by Crippen LogP contribution is -2.54. The molecule has 0 aromatic rings. The summed E-state index contributed by atoms with van der Waals surface area (Å²) in [7, 11) is 2.74. The maximum Gasteiger partial charge on any atom is 0.330 e. The Morgan fingerprint density at radius 1 is 1.08 bits per heavy atom. The molecule has 5 atom stereocenters. The zero-order valence-corrected chi connectivity index (χ0v) is 31.8. The molecule has 0 aromatic heterocycles. The normalized spacial score (nSPS) is 20.6. The number of aliphatic hydroxyl groups is 1. The molecule has 0 aliphatic carbocycles. The number of carbonyl (C=O) groups excluding carboxylic acids is 5. The third kappa shape index (κ3) is 12.8. The molecule has 3 aliphatic heterocycles. The van der Waals surface area contributed by atoms with Crippen LogP contribution in [0.25, 0.3) is 10.6 Å². The number of rotatable bonds is 18. The minimum absolute atomic E-state index is 0.0639. The van der Waals surface area contributed by atoms with Gasteiger partial charge in [0.2, 0.25) is 11.8 Å². The van der Waals surface area contributed by atoms with Gasteiger partial charge in [-0.1, -0.05) is 64.6 Å². The van der Waals surface area contributed by atoms with Crippen molar-refractivity contribution in [3.8, 4) is 10.6 Å². The van der Waals surface area contributed by atoms with Crippen LogP contribution in [0, 0.1) is 5.92 Å². The average Bonchev–Trinajstić information content (AvgIpc) is 3.60. The number of esters is 3. The van der Waals surface area contributed by atoms with E-state index in [4.69, 9.17) is 18.9 Å². The summed E-state index contributed by atoms with van der Waals surface area (Å²) < 4.78 is 23.1. The maximum absolute atomic E-state index is 12.6. The third-order valence-corrected chi connectivity index (χ3v) is 10.7. The van der Waals surface area contributed by atoms with Crippen molar-refractivity contribution in [2.45, 2.75) is 123 Å². The first-order valence-corrected chi connectivity index (χ1v) is 19.4. The summed E-state index contributed by atoms with van der Waals surface area (Å²) in [5, 5.41) is 15.7. The van der Waals surface area contributed by atoms with Crippen LogP contribution in [0.1, 0.15) is 104 Å². The fraction of sp³-hybridized carbons (Fsp3) is 0.611. The largest absolute Gasteiger partial charge is 0.463 e. The molecule has 282 valence electrons. The summed E-state index contributed by atoms with van der Waals surface area (Å²) >= 11 is 0. The Hall–Kier alpha value is -3.66. The highest BCUT2D eigenvalue weighted by Crippen LogP contribution is 2.37. The topological polar surface area (TPSA) is 177 Å². The lowest BCUT2D eigenvalue weighted by atomic mass is 9.85. The molecule has 3 aliphatic rings. The number of amides is 1. The number of aromatic nitrogens is 1. The summed E-state index contributed by atoms with van der Waals surface area (Å²) in [6.07, 6.45) is 8.34. The van der Waals surface area contributed by atoms with E-state index in [0.29, 0.717) is 29.8 Å². The molecular weight excluding hydrogens is 701 g/mol. The molecule has 0 bridgehead atoms. The van der Waals surface area contributed by atoms with Crippen LogP contribution >= 0.6 is 20.7 Å². The zero-order chi connectivity index (χ0) is 37.7. The van der Waals surface area contributed by atoms with Gasteiger partial charge in [0.15, 0.2) is 0 Å². The number of nitrogens with zero attached hydrogens (tertiary/aromatic N) is 1. The number of ether oxygens (including phenoxy) is 4. The van der Waals surface area contributed by atoms with Gasteiger partial charge in [0.25, 0.3) is 5.56 Å². The second kappa shape index (κ2) is 19.8. The molecule has 1 saturated heterocycles. The second-order valence-electron chi connectivity index (χ2n) is 13.2. The highest BCUT2D eigenvalue weighted by atomic mass is 32.9. The molecule has 0 aromatic carbocycles. The molecule has 0 radical (unpaired) electrons. The van der Waals surface area contributed by atoms with Crippen molar-refractivity contribution in [2.24, 2.45) is 5.92 Å². The van der Waals surface area contributed by atoms with Crippen LogP contribution < -0.4 is 10.9 Å². The molecule has 0 saturated carbocycles. The molecule has 0 spiro atoms. The Balaban J connectivity index is 1.34. The monoisotopic (exact) mass is 750 g/mol. The standard InChI is InChI=1S/C36H50N2O11S2/c1-22(17-28-19-30(49-27(6)41)36(45,21-47-28)15-12-13-23(2)24(3)48-26(5)40)18-32(43)46-16-11-9-7-8-10-14-31(42)37-33-34-29(20-50-51-34)38(25(4)39)35(33)44/h12-13,18,20,23-24,28,30,45H,7-11,14-17,19,21H2,1-6H3,(H,37,42)/b13-12+,22-18+. The molecule has 5 unspecified atom stereocenters. The Labute approximate surface area is 305 Å². The van der Waals surface area contributed by atoms with E-state index in [1.54, 1.807) is 25.3 Å². The number of unbranched alkanes of at least 4 members (excludes halogenated alkanes) is 4. The van der Waals surface area contributed by atoms with Crippen molar-refractivity contribution in [3.63, 3.8) is 0 Å². The summed E-state index contributed by atoms with van der Waals surface area (Å²) in [6, 6.07) is 0. The number of hydrogen-bond donors (Lipinski definition) is 2. The van der Waals surface area contributed by atoms with E-state index in [9.17, 15) is 33.9 Å². The van der Waals surface area contributed by atoms with Crippen LogP contribution in [0.3, 0.4) is 0 Å². The SMILES string of the molecule is CC(=O)OC(C)C(C)/C=C/CC1(O)COC(C/C(C)=C/C(=O)OCCCCCCCC(=O)Nc2c3sscc-3n(C(C)=O)c2=O)CC1OC(C)=O. The minimum Gasteiger partial charge on any atom is -0.463 e. The summed E-state index contributed by atoms with van der Waals surface area (Å²) in [6.45, 7) is 9.62. The lowest BCUT2D eigenvalue weighted by Gasteiger charge is -2.41. The van der Waals surface area contributed by atoms with E-state index >= 15 is 0 Å². The quantitative estimate of drug-likeness (QED) is 0.0465. The molecule has 2 N–H and O–H groups in total. The van der Waals surface area contributed by atoms with Crippen LogP contribution in [-0.2, 0) is 38.1 Å². The van der Waals surface area contributed by atoms with Crippen molar-refractivity contribution < 1.29 is 48.0 Å². The van der Waals surface area contributed by atoms with E-state index in [-0.39, 0.29) is 68.2 Å². The van der Waals surface area contributed by atoms with Gasteiger partial charge in [0, 0.05) is 57.4 Å². The summed E-state index contributed by atoms with van der Waals surface area (Å²) in [4.78, 5) is 73.0. The molecule has 51 heavy (non-hydrogen) atoms. The van der Waals surface area contributed by atoms with Crippen LogP contribution in [0.15, 0.2) is 34.0 Å². The molecule has 3 rings (SSSR count). The minimum atomic E-state index is -1.43. The average molecular weight is 751 g/mol. The predicted octanol–water partition coefficient (Wildman–Crippen LogP) is 5.88. The van der Waals surface area contributed by atoms with Crippen LogP contribution in [0.5, 0.6) is 0 Å². The molecule has 1 amide bonds. The highest BCUT2D eigenvalue weighted by Gasteiger charge is 2.44. The van der Waals surface area contributed by atoms with Gasteiger partial charge in [0.05, 0.1) is 29.9 Å². The highest BCUT2D eigenvalue weighted by molar-refractivity contribution is 7.70. The Morgan fingerprint density at radius 3 is 2.47 bits per heavy atom. The Morgan fingerprint density at radius 2 is 1.78 bits per heavy atom. The molecule has 1 fully saturated rings. The number of hydrogen-bond acceptors (Lipinski definition) is 13. The van der Waals surface area contributed by atoms with Gasteiger partial charge in [-0.2, -0.15) is 0 Å². The van der Waals surface area contributed by atoms with Gasteiger partial charge in [-0.05, 0) is 33.1 Å². The van der Waals surface area contributed by atoms with E-state index in [1.165, 1.54) is 47.5 Å². The zero-order valence-electron chi connectivity index (χ0n) is 30.2. The Bertz CT molecular complexity index is 1610. The molecule has 15 heteroatoms. The number of anilines is 1. The fourth-order valence-corrected chi connectivity index (χ4v) is 8.02. The molecule has 3 heterocycles. The fourth-order valence-electron chi connectivity index (χ4n) is 5.82. The van der Waals surface area contributed by atoms with Crippen molar-refractivity contribution >= 4 is 56.1 Å². The van der Waals surface area contributed by atoms with Gasteiger partial charge < -0.3 is 29.4 Å². The smallest absolute Gasteiger partial charge is 0.330 e. The maximum atomic E-state index is 12.6. The van der Waals surface area contributed by atoms with E-state index in [0.717, 1.165) is 29.4 Å². The van der Waals surface area contributed by atoms with Gasteiger partial charge in [-0.3, -0.25) is 24.0 Å². The predicted molar refractivity (Wildman–Crippen MR) is 194 cm³/mol. The summed E-state index contributed by atoms with van der Waals surface area (Å²) in [5.74, 6) is -2.10. The van der Waals surface area contributed by atoms with Crippen molar-refractivity contribution in [2.75, 3.05) is 18.5 Å². The Kier molecular flexibility index (Phi) is 16.2. The number of carbonyl (C=O) groups is 5. The van der Waals surface area contributed by atoms with Gasteiger partial charge in [-0.15, -0.1) is 0 Å². The van der Waals surface area contributed by atoms with Crippen molar-refractivity contribution in [3.05, 3.63) is 39.5 Å². The molecular formula is C36H50N2O11S2.